The Bertz CT molecular complexity index is 687. The van der Waals surface area contributed by atoms with Crippen molar-refractivity contribution in [1.82, 2.24) is 0 Å². The highest BCUT2D eigenvalue weighted by atomic mass is 35.5. The van der Waals surface area contributed by atoms with E-state index < -0.39 is 0 Å². The molecule has 4 nitrogen and oxygen atoms in total. The molecule has 0 radical (unpaired) electrons. The molecule has 0 unspecified atom stereocenters. The molecule has 0 saturated carbocycles. The summed E-state index contributed by atoms with van der Waals surface area (Å²) >= 11 is 6.04. The van der Waals surface area contributed by atoms with Crippen LogP contribution in [0.4, 0.5) is 17.1 Å². The minimum Gasteiger partial charge on any atom is -0.398 e. The van der Waals surface area contributed by atoms with Gasteiger partial charge in [-0.05, 0) is 30.7 Å². The Kier molecular flexibility index (Phi) is 3.71. The fraction of sp³-hybridized carbons (Fsp3) is 0.188. The minimum absolute atomic E-state index is 0.0848. The second-order valence-electron chi connectivity index (χ2n) is 5.04. The van der Waals surface area contributed by atoms with E-state index in [0.29, 0.717) is 17.3 Å². The number of para-hydroxylation sites is 1. The van der Waals surface area contributed by atoms with Crippen LogP contribution >= 0.6 is 11.6 Å². The van der Waals surface area contributed by atoms with Gasteiger partial charge >= 0.3 is 0 Å². The molecule has 0 atom stereocenters. The van der Waals surface area contributed by atoms with Crippen LogP contribution in [0.2, 0.25) is 5.02 Å². The minimum atomic E-state index is -0.0848. The monoisotopic (exact) mass is 301 g/mol. The average molecular weight is 302 g/mol. The molecule has 3 N–H and O–H groups in total. The van der Waals surface area contributed by atoms with Crippen molar-refractivity contribution in [3.05, 3.63) is 53.1 Å². The first-order chi connectivity index (χ1) is 10.1. The van der Waals surface area contributed by atoms with Crippen molar-refractivity contribution in [3.63, 3.8) is 0 Å². The zero-order valence-electron chi connectivity index (χ0n) is 11.5. The van der Waals surface area contributed by atoms with Gasteiger partial charge in [-0.1, -0.05) is 29.8 Å². The Balaban J connectivity index is 1.70. The molecule has 1 amide bonds. The molecule has 0 spiro atoms. The van der Waals surface area contributed by atoms with Gasteiger partial charge in [0, 0.05) is 23.5 Å². The first-order valence-electron chi connectivity index (χ1n) is 6.82. The molecule has 2 aromatic carbocycles. The van der Waals surface area contributed by atoms with Crippen molar-refractivity contribution in [1.29, 1.82) is 0 Å². The quantitative estimate of drug-likeness (QED) is 0.857. The highest BCUT2D eigenvalue weighted by molar-refractivity contribution is 6.33. The molecule has 3 rings (SSSR count). The van der Waals surface area contributed by atoms with E-state index in [1.165, 1.54) is 0 Å². The summed E-state index contributed by atoms with van der Waals surface area (Å²) in [5.74, 6) is -0.0848. The van der Waals surface area contributed by atoms with E-state index >= 15 is 0 Å². The van der Waals surface area contributed by atoms with Gasteiger partial charge in [-0.15, -0.1) is 0 Å². The van der Waals surface area contributed by atoms with E-state index in [9.17, 15) is 4.79 Å². The third kappa shape index (κ3) is 2.81. The zero-order chi connectivity index (χ0) is 14.8. The lowest BCUT2D eigenvalue weighted by Gasteiger charge is -2.19. The number of hydrogen-bond acceptors (Lipinski definition) is 3. The number of nitrogens with one attached hydrogen (secondary N) is 1. The van der Waals surface area contributed by atoms with E-state index in [1.807, 2.05) is 35.2 Å². The zero-order valence-corrected chi connectivity index (χ0v) is 12.2. The molecule has 0 saturated heterocycles. The maximum atomic E-state index is 12.2. The van der Waals surface area contributed by atoms with Crippen LogP contribution in [0.15, 0.2) is 42.5 Å². The number of carbonyl (C=O) groups excluding carboxylic acids is 1. The lowest BCUT2D eigenvalue weighted by atomic mass is 10.1. The molecule has 0 aliphatic carbocycles. The number of amides is 1. The molecule has 1 aliphatic heterocycles. The number of hydrogen-bond donors (Lipinski definition) is 2. The topological polar surface area (TPSA) is 58.4 Å². The summed E-state index contributed by atoms with van der Waals surface area (Å²) in [4.78, 5) is 14.2. The Morgan fingerprint density at radius 2 is 2.05 bits per heavy atom. The van der Waals surface area contributed by atoms with Gasteiger partial charge < -0.3 is 16.0 Å². The molecule has 5 heteroatoms. The standard InChI is InChI=1S/C16H16ClN3O/c17-12-4-1-2-6-14(12)19-16(21)10-20-9-8-11-13(18)5-3-7-15(11)20/h1-7H,8-10,18H2,(H,19,21). The molecule has 1 heterocycles. The van der Waals surface area contributed by atoms with E-state index in [0.717, 1.165) is 29.9 Å². The Hall–Kier alpha value is -2.20. The lowest BCUT2D eigenvalue weighted by Crippen LogP contribution is -2.31. The third-order valence-corrected chi connectivity index (χ3v) is 3.97. The van der Waals surface area contributed by atoms with Crippen LogP contribution in [-0.2, 0) is 11.2 Å². The predicted octanol–water partition coefficient (Wildman–Crippen LogP) is 2.92. The lowest BCUT2D eigenvalue weighted by molar-refractivity contribution is -0.115. The molecule has 21 heavy (non-hydrogen) atoms. The van der Waals surface area contributed by atoms with Crippen molar-refractivity contribution in [3.8, 4) is 0 Å². The van der Waals surface area contributed by atoms with Crippen LogP contribution in [-0.4, -0.2) is 19.0 Å². The Labute approximate surface area is 128 Å². The Morgan fingerprint density at radius 3 is 2.86 bits per heavy atom. The van der Waals surface area contributed by atoms with E-state index in [-0.39, 0.29) is 5.91 Å². The highest BCUT2D eigenvalue weighted by Crippen LogP contribution is 2.31. The number of nitrogens with two attached hydrogens (primary N) is 1. The first-order valence-corrected chi connectivity index (χ1v) is 7.19. The number of fused-ring (bicyclic) bond motifs is 1. The number of anilines is 3. The van der Waals surface area contributed by atoms with Gasteiger partial charge in [0.05, 0.1) is 17.3 Å². The fourth-order valence-corrected chi connectivity index (χ4v) is 2.80. The summed E-state index contributed by atoms with van der Waals surface area (Å²) in [5.41, 5.74) is 9.57. The second kappa shape index (κ2) is 5.66. The molecule has 108 valence electrons. The molecule has 0 aromatic heterocycles. The maximum absolute atomic E-state index is 12.2. The predicted molar refractivity (Wildman–Crippen MR) is 86.9 cm³/mol. The van der Waals surface area contributed by atoms with Gasteiger partial charge in [-0.2, -0.15) is 0 Å². The molecule has 1 aliphatic rings. The number of rotatable bonds is 3. The van der Waals surface area contributed by atoms with E-state index in [1.54, 1.807) is 12.1 Å². The smallest absolute Gasteiger partial charge is 0.243 e. The maximum Gasteiger partial charge on any atom is 0.243 e. The SMILES string of the molecule is Nc1cccc2c1CCN2CC(=O)Nc1ccccc1Cl. The molecule has 2 aromatic rings. The average Bonchev–Trinajstić information content (AvgIpc) is 2.86. The highest BCUT2D eigenvalue weighted by Gasteiger charge is 2.22. The second-order valence-corrected chi connectivity index (χ2v) is 5.45. The van der Waals surface area contributed by atoms with Gasteiger partial charge in [-0.3, -0.25) is 4.79 Å². The summed E-state index contributed by atoms with van der Waals surface area (Å²) in [6, 6.07) is 13.0. The van der Waals surface area contributed by atoms with Gasteiger partial charge in [0.15, 0.2) is 0 Å². The van der Waals surface area contributed by atoms with Crippen LogP contribution in [0, 0.1) is 0 Å². The molecular formula is C16H16ClN3O. The number of halogens is 1. The van der Waals surface area contributed by atoms with Crippen LogP contribution in [0.3, 0.4) is 0 Å². The summed E-state index contributed by atoms with van der Waals surface area (Å²) in [5, 5.41) is 3.38. The largest absolute Gasteiger partial charge is 0.398 e. The molecule has 0 fully saturated rings. The summed E-state index contributed by atoms with van der Waals surface area (Å²) in [7, 11) is 0. The summed E-state index contributed by atoms with van der Waals surface area (Å²) in [6.45, 7) is 1.10. The van der Waals surface area contributed by atoms with E-state index in [4.69, 9.17) is 17.3 Å². The Morgan fingerprint density at radius 1 is 1.24 bits per heavy atom. The van der Waals surface area contributed by atoms with Crippen LogP contribution < -0.4 is 16.0 Å². The number of nitrogen functional groups attached to an aromatic ring is 1. The number of benzene rings is 2. The summed E-state index contributed by atoms with van der Waals surface area (Å²) < 4.78 is 0. The number of carbonyl (C=O) groups is 1. The van der Waals surface area contributed by atoms with Gasteiger partial charge in [0.1, 0.15) is 0 Å². The molecule has 0 bridgehead atoms. The number of nitrogens with zero attached hydrogens (tertiary/aromatic N) is 1. The van der Waals surface area contributed by atoms with Crippen molar-refractivity contribution in [2.24, 2.45) is 0 Å². The van der Waals surface area contributed by atoms with Gasteiger partial charge in [0.25, 0.3) is 0 Å². The molecular weight excluding hydrogens is 286 g/mol. The summed E-state index contributed by atoms with van der Waals surface area (Å²) in [6.07, 6.45) is 0.876. The first kappa shape index (κ1) is 13.8. The fourth-order valence-electron chi connectivity index (χ4n) is 2.62. The van der Waals surface area contributed by atoms with Crippen LogP contribution in [0.5, 0.6) is 0 Å². The van der Waals surface area contributed by atoms with Crippen molar-refractivity contribution >= 4 is 34.6 Å². The van der Waals surface area contributed by atoms with Crippen molar-refractivity contribution < 1.29 is 4.79 Å². The van der Waals surface area contributed by atoms with Crippen LogP contribution in [0.1, 0.15) is 5.56 Å². The van der Waals surface area contributed by atoms with Gasteiger partial charge in [-0.25, -0.2) is 0 Å². The van der Waals surface area contributed by atoms with Crippen molar-refractivity contribution in [2.75, 3.05) is 29.0 Å². The van der Waals surface area contributed by atoms with Crippen LogP contribution in [0.25, 0.3) is 0 Å². The van der Waals surface area contributed by atoms with Crippen molar-refractivity contribution in [2.45, 2.75) is 6.42 Å². The normalized spacial score (nSPS) is 13.1. The van der Waals surface area contributed by atoms with Gasteiger partial charge in [0.2, 0.25) is 5.91 Å². The third-order valence-electron chi connectivity index (χ3n) is 3.64. The van der Waals surface area contributed by atoms with E-state index in [2.05, 4.69) is 5.32 Å².